The van der Waals surface area contributed by atoms with Crippen LogP contribution in [0.5, 0.6) is 0 Å². The van der Waals surface area contributed by atoms with E-state index in [0.29, 0.717) is 31.4 Å². The zero-order chi connectivity index (χ0) is 15.8. The molecule has 7 heteroatoms. The van der Waals surface area contributed by atoms with Crippen LogP contribution < -0.4 is 5.69 Å². The van der Waals surface area contributed by atoms with Crippen LogP contribution >= 0.6 is 0 Å². The third-order valence-electron chi connectivity index (χ3n) is 4.87. The van der Waals surface area contributed by atoms with Crippen molar-refractivity contribution < 1.29 is 9.53 Å². The molecule has 0 radical (unpaired) electrons. The Kier molecular flexibility index (Phi) is 3.71. The average Bonchev–Trinajstić information content (AvgIpc) is 3.38. The second-order valence-electron chi connectivity index (χ2n) is 6.62. The molecule has 1 aromatic heterocycles. The fraction of sp³-hybridized carbons (Fsp3) is 0.688. The van der Waals surface area contributed by atoms with Gasteiger partial charge in [0.15, 0.2) is 5.76 Å². The van der Waals surface area contributed by atoms with Crippen LogP contribution in [0.4, 0.5) is 0 Å². The normalized spacial score (nSPS) is 22.6. The Bertz CT molecular complexity index is 678. The summed E-state index contributed by atoms with van der Waals surface area (Å²) in [7, 11) is 0. The van der Waals surface area contributed by atoms with Crippen molar-refractivity contribution in [2.75, 3.05) is 19.7 Å². The Labute approximate surface area is 134 Å². The van der Waals surface area contributed by atoms with Gasteiger partial charge in [0.05, 0.1) is 12.6 Å². The van der Waals surface area contributed by atoms with Gasteiger partial charge in [0.2, 0.25) is 0 Å². The van der Waals surface area contributed by atoms with Crippen molar-refractivity contribution in [2.45, 2.75) is 50.5 Å². The number of rotatable bonds is 3. The van der Waals surface area contributed by atoms with Crippen molar-refractivity contribution in [3.05, 3.63) is 28.1 Å². The van der Waals surface area contributed by atoms with Crippen LogP contribution in [0.3, 0.4) is 0 Å². The number of hydrogen-bond donors (Lipinski definition) is 1. The maximum atomic E-state index is 12.4. The molecule has 0 atom stereocenters. The van der Waals surface area contributed by atoms with E-state index in [9.17, 15) is 9.59 Å². The van der Waals surface area contributed by atoms with E-state index in [0.717, 1.165) is 44.3 Å². The van der Waals surface area contributed by atoms with Crippen LogP contribution in [0.15, 0.2) is 16.6 Å². The lowest BCUT2D eigenvalue weighted by Gasteiger charge is -2.32. The maximum absolute atomic E-state index is 12.4. The lowest BCUT2D eigenvalue weighted by molar-refractivity contribution is -0.132. The molecule has 2 aliphatic heterocycles. The van der Waals surface area contributed by atoms with Crippen molar-refractivity contribution in [3.8, 4) is 0 Å². The molecular weight excluding hydrogens is 296 g/mol. The molecule has 1 aromatic rings. The maximum Gasteiger partial charge on any atom is 0.343 e. The summed E-state index contributed by atoms with van der Waals surface area (Å²) in [5, 5.41) is 4.46. The minimum atomic E-state index is -0.116. The molecule has 7 nitrogen and oxygen atoms in total. The summed E-state index contributed by atoms with van der Waals surface area (Å²) in [5.41, 5.74) is -0.116. The first-order chi connectivity index (χ1) is 11.2. The van der Waals surface area contributed by atoms with Gasteiger partial charge in [-0.2, -0.15) is 5.10 Å². The molecule has 2 fully saturated rings. The van der Waals surface area contributed by atoms with E-state index in [4.69, 9.17) is 4.74 Å². The summed E-state index contributed by atoms with van der Waals surface area (Å²) in [5.74, 6) is 1.74. The number of allylic oxidation sites excluding steroid dienone is 1. The lowest BCUT2D eigenvalue weighted by Crippen LogP contribution is -2.42. The average molecular weight is 318 g/mol. The summed E-state index contributed by atoms with van der Waals surface area (Å²) in [6.07, 6.45) is 7.53. The van der Waals surface area contributed by atoms with Crippen LogP contribution in [0.2, 0.25) is 0 Å². The number of ether oxygens (including phenoxy) is 1. The molecule has 23 heavy (non-hydrogen) atoms. The smallest absolute Gasteiger partial charge is 0.343 e. The summed E-state index contributed by atoms with van der Waals surface area (Å²) in [4.78, 5) is 29.2. The monoisotopic (exact) mass is 318 g/mol. The minimum absolute atomic E-state index is 0.0174. The van der Waals surface area contributed by atoms with Crippen molar-refractivity contribution >= 4 is 5.91 Å². The van der Waals surface area contributed by atoms with Gasteiger partial charge >= 0.3 is 5.69 Å². The second-order valence-corrected chi connectivity index (χ2v) is 6.62. The highest BCUT2D eigenvalue weighted by molar-refractivity contribution is 5.91. The van der Waals surface area contributed by atoms with Gasteiger partial charge in [-0.15, -0.1) is 0 Å². The number of carbonyl (C=O) groups is 1. The largest absolute Gasteiger partial charge is 0.488 e. The second kappa shape index (κ2) is 5.86. The molecule has 124 valence electrons. The summed E-state index contributed by atoms with van der Waals surface area (Å²) >= 11 is 0. The van der Waals surface area contributed by atoms with E-state index in [1.807, 2.05) is 11.0 Å². The Morgan fingerprint density at radius 1 is 1.26 bits per heavy atom. The molecule has 0 spiro atoms. The van der Waals surface area contributed by atoms with Gasteiger partial charge in [-0.3, -0.25) is 9.78 Å². The highest BCUT2D eigenvalue weighted by Crippen LogP contribution is 2.37. The number of nitrogens with one attached hydrogen (secondary N) is 1. The third kappa shape index (κ3) is 2.92. The first-order valence-corrected chi connectivity index (χ1v) is 8.53. The van der Waals surface area contributed by atoms with E-state index in [1.54, 1.807) is 4.68 Å². The Morgan fingerprint density at radius 3 is 2.70 bits per heavy atom. The quantitative estimate of drug-likeness (QED) is 0.911. The van der Waals surface area contributed by atoms with Crippen LogP contribution in [-0.2, 0) is 9.53 Å². The highest BCUT2D eigenvalue weighted by atomic mass is 16.5. The van der Waals surface area contributed by atoms with Gasteiger partial charge in [-0.25, -0.2) is 9.48 Å². The summed E-state index contributed by atoms with van der Waals surface area (Å²) < 4.78 is 7.05. The highest BCUT2D eigenvalue weighted by Gasteiger charge is 2.31. The number of nitrogens with zero attached hydrogens (tertiary/aromatic N) is 3. The number of amides is 1. The summed E-state index contributed by atoms with van der Waals surface area (Å²) in [6.45, 7) is 1.91. The van der Waals surface area contributed by atoms with Crippen molar-refractivity contribution in [2.24, 2.45) is 0 Å². The molecule has 1 aliphatic carbocycles. The van der Waals surface area contributed by atoms with Gasteiger partial charge in [-0.1, -0.05) is 0 Å². The van der Waals surface area contributed by atoms with Crippen molar-refractivity contribution in [1.29, 1.82) is 0 Å². The number of carbonyl (C=O) groups excluding carboxylic acids is 1. The third-order valence-corrected chi connectivity index (χ3v) is 4.87. The molecule has 0 aromatic carbocycles. The van der Waals surface area contributed by atoms with Gasteiger partial charge < -0.3 is 9.64 Å². The Morgan fingerprint density at radius 2 is 2.04 bits per heavy atom. The molecule has 4 rings (SSSR count). The van der Waals surface area contributed by atoms with E-state index in [2.05, 4.69) is 10.1 Å². The number of H-pyrrole nitrogens is 1. The molecule has 0 bridgehead atoms. The molecule has 3 aliphatic rings. The van der Waals surface area contributed by atoms with Gasteiger partial charge in [0, 0.05) is 19.0 Å². The number of aromatic amines is 1. The zero-order valence-corrected chi connectivity index (χ0v) is 13.2. The van der Waals surface area contributed by atoms with Crippen molar-refractivity contribution in [1.82, 2.24) is 19.7 Å². The molecule has 0 unspecified atom stereocenters. The van der Waals surface area contributed by atoms with Gasteiger partial charge in [-0.05, 0) is 44.6 Å². The minimum Gasteiger partial charge on any atom is -0.488 e. The predicted molar refractivity (Wildman–Crippen MR) is 82.9 cm³/mol. The number of piperidine rings is 1. The number of likely N-dealkylation sites (tertiary alicyclic amines) is 1. The van der Waals surface area contributed by atoms with Crippen LogP contribution in [0.1, 0.15) is 56.3 Å². The number of aromatic nitrogens is 3. The van der Waals surface area contributed by atoms with Crippen molar-refractivity contribution in [3.63, 3.8) is 0 Å². The van der Waals surface area contributed by atoms with Crippen LogP contribution in [-0.4, -0.2) is 45.3 Å². The Balaban J connectivity index is 1.40. The van der Waals surface area contributed by atoms with E-state index in [-0.39, 0.29) is 17.6 Å². The van der Waals surface area contributed by atoms with Gasteiger partial charge in [0.25, 0.3) is 5.91 Å². The molecule has 1 saturated heterocycles. The molecule has 1 N–H and O–H groups in total. The topological polar surface area (TPSA) is 80.2 Å². The summed E-state index contributed by atoms with van der Waals surface area (Å²) in [6, 6.07) is 0.0801. The molecular formula is C16H22N4O3. The SMILES string of the molecule is O=C(C1=CCCCO1)N1CCC(n2nc(C3CC3)[nH]c2=O)CC1. The fourth-order valence-electron chi connectivity index (χ4n) is 3.32. The van der Waals surface area contributed by atoms with E-state index < -0.39 is 0 Å². The lowest BCUT2D eigenvalue weighted by atomic mass is 10.0. The van der Waals surface area contributed by atoms with E-state index in [1.165, 1.54) is 0 Å². The molecule has 1 saturated carbocycles. The standard InChI is InChI=1S/C16H22N4O3/c21-15(13-3-1-2-10-23-13)19-8-6-12(7-9-19)20-16(22)17-14(18-20)11-4-5-11/h3,11-12H,1-2,4-10H2,(H,17,18,22). The molecule has 3 heterocycles. The first kappa shape index (κ1) is 14.5. The van der Waals surface area contributed by atoms with E-state index >= 15 is 0 Å². The van der Waals surface area contributed by atoms with Crippen LogP contribution in [0.25, 0.3) is 0 Å². The first-order valence-electron chi connectivity index (χ1n) is 8.53. The molecule has 1 amide bonds. The number of hydrogen-bond acceptors (Lipinski definition) is 4. The predicted octanol–water partition coefficient (Wildman–Crippen LogP) is 1.31. The van der Waals surface area contributed by atoms with Crippen LogP contribution in [0, 0.1) is 0 Å². The fourth-order valence-corrected chi connectivity index (χ4v) is 3.32. The zero-order valence-electron chi connectivity index (χ0n) is 13.2. The Hall–Kier alpha value is -2.05. The van der Waals surface area contributed by atoms with Gasteiger partial charge in [0.1, 0.15) is 5.82 Å².